The number of pyridine rings is 2. The summed E-state index contributed by atoms with van der Waals surface area (Å²) in [7, 11) is 0. The van der Waals surface area contributed by atoms with Crippen LogP contribution >= 0.6 is 0 Å². The van der Waals surface area contributed by atoms with Gasteiger partial charge in [0.2, 0.25) is 5.91 Å². The number of benzene rings is 1. The van der Waals surface area contributed by atoms with Crippen LogP contribution < -0.4 is 20.7 Å². The number of carboxylic acid groups (broad SMARTS) is 1. The Labute approximate surface area is 197 Å². The Morgan fingerprint density at radius 3 is 2.56 bits per heavy atom. The molecule has 4 N–H and O–H groups in total. The van der Waals surface area contributed by atoms with E-state index in [1.54, 1.807) is 67.1 Å². The van der Waals surface area contributed by atoms with E-state index < -0.39 is 6.09 Å². The zero-order valence-corrected chi connectivity index (χ0v) is 18.6. The van der Waals surface area contributed by atoms with Gasteiger partial charge < -0.3 is 20.9 Å². The maximum Gasteiger partial charge on any atom is 0.413 e. The van der Waals surface area contributed by atoms with Gasteiger partial charge in [-0.2, -0.15) is 0 Å². The van der Waals surface area contributed by atoms with Gasteiger partial charge in [-0.1, -0.05) is 6.07 Å². The van der Waals surface area contributed by atoms with Gasteiger partial charge >= 0.3 is 6.09 Å². The number of anilines is 3. The predicted octanol–water partition coefficient (Wildman–Crippen LogP) is 4.78. The molecule has 0 saturated heterocycles. The highest BCUT2D eigenvalue weighted by Crippen LogP contribution is 2.33. The first-order valence-electron chi connectivity index (χ1n) is 11.2. The van der Waals surface area contributed by atoms with Gasteiger partial charge in [0.1, 0.15) is 17.3 Å². The number of nitrogens with two attached hydrogens (primary N) is 1. The number of nitrogens with one attached hydrogen (secondary N) is 1. The minimum Gasteiger partial charge on any atom is -0.465 e. The fraction of sp³-hybridized carbons (Fsp3) is 0.280. The largest absolute Gasteiger partial charge is 0.465 e. The lowest BCUT2D eigenvalue weighted by molar-refractivity contribution is -0.121. The number of amides is 2. The lowest BCUT2D eigenvalue weighted by Crippen LogP contribution is -2.37. The summed E-state index contributed by atoms with van der Waals surface area (Å²) in [5.74, 6) is 1.46. The Kier molecular flexibility index (Phi) is 7.22. The van der Waals surface area contributed by atoms with Gasteiger partial charge in [0.15, 0.2) is 0 Å². The summed E-state index contributed by atoms with van der Waals surface area (Å²) in [5, 5.41) is 12.5. The molecule has 0 unspecified atom stereocenters. The van der Waals surface area contributed by atoms with Gasteiger partial charge in [0, 0.05) is 30.9 Å². The molecule has 34 heavy (non-hydrogen) atoms. The smallest absolute Gasteiger partial charge is 0.413 e. The Balaban J connectivity index is 1.33. The number of rotatable bonds is 7. The van der Waals surface area contributed by atoms with E-state index in [1.807, 2.05) is 0 Å². The Morgan fingerprint density at radius 2 is 1.88 bits per heavy atom. The second kappa shape index (κ2) is 10.7. The van der Waals surface area contributed by atoms with Crippen molar-refractivity contribution in [3.63, 3.8) is 0 Å². The minimum atomic E-state index is -1.03. The van der Waals surface area contributed by atoms with E-state index in [1.165, 1.54) is 4.90 Å². The van der Waals surface area contributed by atoms with Gasteiger partial charge in [-0.25, -0.2) is 9.78 Å². The lowest BCUT2D eigenvalue weighted by atomic mass is 9.81. The maximum atomic E-state index is 12.9. The highest BCUT2D eigenvalue weighted by Gasteiger charge is 2.29. The van der Waals surface area contributed by atoms with E-state index in [9.17, 15) is 14.7 Å². The van der Waals surface area contributed by atoms with Crippen molar-refractivity contribution in [1.29, 1.82) is 0 Å². The van der Waals surface area contributed by atoms with Crippen LogP contribution in [0, 0.1) is 11.8 Å². The van der Waals surface area contributed by atoms with E-state index in [-0.39, 0.29) is 17.7 Å². The van der Waals surface area contributed by atoms with Crippen LogP contribution in [-0.4, -0.2) is 33.6 Å². The monoisotopic (exact) mass is 461 g/mol. The van der Waals surface area contributed by atoms with Crippen LogP contribution in [-0.2, 0) is 4.79 Å². The van der Waals surface area contributed by atoms with Crippen LogP contribution in [0.3, 0.4) is 0 Å². The summed E-state index contributed by atoms with van der Waals surface area (Å²) >= 11 is 0. The molecule has 3 aromatic rings. The number of carbonyl (C=O) groups is 2. The molecule has 0 radical (unpaired) electrons. The summed E-state index contributed by atoms with van der Waals surface area (Å²) in [6, 6.07) is 13.9. The third-order valence-electron chi connectivity index (χ3n) is 5.97. The lowest BCUT2D eigenvalue weighted by Gasteiger charge is -2.30. The number of carbonyl (C=O) groups excluding carboxylic acids is 1. The van der Waals surface area contributed by atoms with E-state index in [0.29, 0.717) is 48.1 Å². The molecule has 1 aromatic carbocycles. The number of nitrogens with zero attached hydrogens (tertiary/aromatic N) is 3. The fourth-order valence-corrected chi connectivity index (χ4v) is 4.13. The molecule has 9 nitrogen and oxygen atoms in total. The number of hydrogen-bond acceptors (Lipinski definition) is 6. The van der Waals surface area contributed by atoms with Gasteiger partial charge in [0.25, 0.3) is 0 Å². The molecule has 0 bridgehead atoms. The van der Waals surface area contributed by atoms with Gasteiger partial charge in [-0.15, -0.1) is 0 Å². The van der Waals surface area contributed by atoms with Gasteiger partial charge in [-0.05, 0) is 68.0 Å². The quantitative estimate of drug-likeness (QED) is 0.432. The first kappa shape index (κ1) is 23.0. The highest BCUT2D eigenvalue weighted by atomic mass is 16.5. The van der Waals surface area contributed by atoms with Crippen LogP contribution in [0.5, 0.6) is 11.5 Å². The summed E-state index contributed by atoms with van der Waals surface area (Å²) in [5.41, 5.74) is 7.02. The molecule has 0 aliphatic heterocycles. The zero-order valence-electron chi connectivity index (χ0n) is 18.6. The van der Waals surface area contributed by atoms with E-state index in [0.717, 1.165) is 12.8 Å². The molecule has 9 heteroatoms. The van der Waals surface area contributed by atoms with E-state index in [2.05, 4.69) is 15.3 Å². The SMILES string of the molecule is Nc1ccc(Oc2cccnc2)cc1NC(=O)C1CCC(CN(C(=O)O)c2ccccn2)CC1. The highest BCUT2D eigenvalue weighted by molar-refractivity contribution is 5.95. The summed E-state index contributed by atoms with van der Waals surface area (Å²) in [4.78, 5) is 34.1. The molecular formula is C25H27N5O4. The average Bonchev–Trinajstić information content (AvgIpc) is 2.86. The molecule has 0 atom stereocenters. The first-order valence-corrected chi connectivity index (χ1v) is 11.2. The summed E-state index contributed by atoms with van der Waals surface area (Å²) < 4.78 is 5.78. The topological polar surface area (TPSA) is 131 Å². The third-order valence-corrected chi connectivity index (χ3v) is 5.97. The van der Waals surface area contributed by atoms with Crippen molar-refractivity contribution >= 4 is 29.2 Å². The predicted molar refractivity (Wildman–Crippen MR) is 129 cm³/mol. The second-order valence-electron chi connectivity index (χ2n) is 8.33. The minimum absolute atomic E-state index is 0.0940. The molecule has 2 heterocycles. The van der Waals surface area contributed by atoms with Crippen LogP contribution in [0.4, 0.5) is 22.0 Å². The van der Waals surface area contributed by atoms with Crippen molar-refractivity contribution in [3.8, 4) is 11.5 Å². The van der Waals surface area contributed by atoms with Crippen LogP contribution in [0.25, 0.3) is 0 Å². The molecule has 2 amide bonds. The molecule has 1 saturated carbocycles. The standard InChI is InChI=1S/C25H27N5O4/c26-21-11-10-19(34-20-4-3-12-27-15-20)14-22(21)29-24(31)18-8-6-17(7-9-18)16-30(25(32)33)23-5-1-2-13-28-23/h1-5,10-15,17-18H,6-9,16,26H2,(H,29,31)(H,32,33). The Morgan fingerprint density at radius 1 is 1.06 bits per heavy atom. The van der Waals surface area contributed by atoms with Crippen molar-refractivity contribution in [2.24, 2.45) is 11.8 Å². The summed E-state index contributed by atoms with van der Waals surface area (Å²) in [6.45, 7) is 0.362. The molecule has 1 fully saturated rings. The number of hydrogen-bond donors (Lipinski definition) is 3. The molecule has 4 rings (SSSR count). The van der Waals surface area contributed by atoms with Crippen LogP contribution in [0.1, 0.15) is 25.7 Å². The molecule has 2 aromatic heterocycles. The van der Waals surface area contributed by atoms with Gasteiger partial charge in [0.05, 0.1) is 17.6 Å². The van der Waals surface area contributed by atoms with E-state index >= 15 is 0 Å². The van der Waals surface area contributed by atoms with Gasteiger partial charge in [-0.3, -0.25) is 14.7 Å². The van der Waals surface area contributed by atoms with Crippen LogP contribution in [0.2, 0.25) is 0 Å². The summed E-state index contributed by atoms with van der Waals surface area (Å²) in [6.07, 6.45) is 6.69. The Hall–Kier alpha value is -4.14. The Bertz CT molecular complexity index is 1120. The maximum absolute atomic E-state index is 12.9. The van der Waals surface area contributed by atoms with Crippen molar-refractivity contribution in [2.45, 2.75) is 25.7 Å². The van der Waals surface area contributed by atoms with Crippen LogP contribution in [0.15, 0.2) is 67.1 Å². The van der Waals surface area contributed by atoms with Crippen molar-refractivity contribution in [3.05, 3.63) is 67.1 Å². The number of aromatic nitrogens is 2. The second-order valence-corrected chi connectivity index (χ2v) is 8.33. The first-order chi connectivity index (χ1) is 16.5. The number of ether oxygens (including phenoxy) is 1. The van der Waals surface area contributed by atoms with Crippen molar-refractivity contribution < 1.29 is 19.4 Å². The normalized spacial score (nSPS) is 17.5. The molecule has 1 aliphatic rings. The average molecular weight is 462 g/mol. The molecule has 0 spiro atoms. The fourth-order valence-electron chi connectivity index (χ4n) is 4.13. The molecular weight excluding hydrogens is 434 g/mol. The molecule has 176 valence electrons. The zero-order chi connectivity index (χ0) is 23.9. The molecule has 1 aliphatic carbocycles. The van der Waals surface area contributed by atoms with E-state index in [4.69, 9.17) is 10.5 Å². The van der Waals surface area contributed by atoms with Crippen molar-refractivity contribution in [2.75, 3.05) is 22.5 Å². The third kappa shape index (κ3) is 5.80. The number of nitrogen functional groups attached to an aromatic ring is 1. The van der Waals surface area contributed by atoms with Crippen molar-refractivity contribution in [1.82, 2.24) is 9.97 Å².